The third-order valence-electron chi connectivity index (χ3n) is 1.82. The fourth-order valence-electron chi connectivity index (χ4n) is 0.907. The topological polar surface area (TPSA) is 112 Å². The summed E-state index contributed by atoms with van der Waals surface area (Å²) in [7, 11) is 1.84. The van der Waals surface area contributed by atoms with E-state index in [1.165, 1.54) is 0 Å². The Labute approximate surface area is 81.5 Å². The lowest BCUT2D eigenvalue weighted by atomic mass is 10.3. The molecule has 0 saturated heterocycles. The average molecular weight is 198 g/mol. The van der Waals surface area contributed by atoms with Crippen LogP contribution in [0.4, 0.5) is 0 Å². The van der Waals surface area contributed by atoms with E-state index in [9.17, 15) is 4.79 Å². The number of nitrogens with one attached hydrogen (secondary N) is 1. The van der Waals surface area contributed by atoms with Crippen LogP contribution in [0.25, 0.3) is 0 Å². The minimum absolute atomic E-state index is 0.336. The largest absolute Gasteiger partial charge is 0.368 e. The van der Waals surface area contributed by atoms with Crippen molar-refractivity contribution in [2.75, 3.05) is 6.54 Å². The molecule has 1 unspecified atom stereocenters. The lowest BCUT2D eigenvalue weighted by Gasteiger charge is -2.08. The monoisotopic (exact) mass is 198 g/mol. The van der Waals surface area contributed by atoms with Gasteiger partial charge in [0.05, 0.1) is 12.6 Å². The van der Waals surface area contributed by atoms with E-state index in [1.807, 2.05) is 7.05 Å². The van der Waals surface area contributed by atoms with Crippen molar-refractivity contribution in [2.24, 2.45) is 18.5 Å². The van der Waals surface area contributed by atoms with Gasteiger partial charge in [-0.15, -0.1) is 10.2 Å². The molecule has 1 rings (SSSR count). The van der Waals surface area contributed by atoms with E-state index >= 15 is 0 Å². The predicted molar refractivity (Wildman–Crippen MR) is 49.9 cm³/mol. The first kappa shape index (κ1) is 10.6. The number of carbonyl (C=O) groups excluding carboxylic acids is 1. The zero-order chi connectivity index (χ0) is 10.6. The zero-order valence-corrected chi connectivity index (χ0v) is 7.97. The standard InChI is InChI=1S/C7H14N6O/c1-13-4-11-12-6(13)3-10-2-5(8)7(9)14/h4-5,10H,2-3,8H2,1H3,(H2,9,14). The second-order valence-corrected chi connectivity index (χ2v) is 3.00. The fraction of sp³-hybridized carbons (Fsp3) is 0.571. The SMILES string of the molecule is Cn1cnnc1CNCC(N)C(N)=O. The Kier molecular flexibility index (Phi) is 3.55. The van der Waals surface area contributed by atoms with Gasteiger partial charge in [-0.3, -0.25) is 4.79 Å². The number of aryl methyl sites for hydroxylation is 1. The molecule has 5 N–H and O–H groups in total. The molecule has 14 heavy (non-hydrogen) atoms. The van der Waals surface area contributed by atoms with Crippen molar-refractivity contribution in [2.45, 2.75) is 12.6 Å². The van der Waals surface area contributed by atoms with Gasteiger partial charge in [0.15, 0.2) is 0 Å². The molecule has 0 aromatic carbocycles. The number of amides is 1. The van der Waals surface area contributed by atoms with Gasteiger partial charge in [-0.1, -0.05) is 0 Å². The van der Waals surface area contributed by atoms with Gasteiger partial charge in [0.1, 0.15) is 12.2 Å². The summed E-state index contributed by atoms with van der Waals surface area (Å²) in [5.41, 5.74) is 10.4. The normalized spacial score (nSPS) is 12.7. The maximum atomic E-state index is 10.6. The minimum atomic E-state index is -0.664. The minimum Gasteiger partial charge on any atom is -0.368 e. The zero-order valence-electron chi connectivity index (χ0n) is 7.97. The van der Waals surface area contributed by atoms with Crippen LogP contribution in [0.3, 0.4) is 0 Å². The highest BCUT2D eigenvalue weighted by atomic mass is 16.1. The van der Waals surface area contributed by atoms with E-state index in [0.717, 1.165) is 5.82 Å². The van der Waals surface area contributed by atoms with Crippen LogP contribution in [0.1, 0.15) is 5.82 Å². The van der Waals surface area contributed by atoms with Gasteiger partial charge in [-0.2, -0.15) is 0 Å². The predicted octanol–water partition coefficient (Wildman–Crippen LogP) is -2.28. The van der Waals surface area contributed by atoms with E-state index in [4.69, 9.17) is 11.5 Å². The molecule has 0 aliphatic heterocycles. The molecule has 0 radical (unpaired) electrons. The smallest absolute Gasteiger partial charge is 0.235 e. The Morgan fingerprint density at radius 1 is 1.79 bits per heavy atom. The molecule has 0 saturated carbocycles. The Balaban J connectivity index is 2.29. The van der Waals surface area contributed by atoms with E-state index in [0.29, 0.717) is 13.1 Å². The van der Waals surface area contributed by atoms with Crippen LogP contribution in [0.5, 0.6) is 0 Å². The quantitative estimate of drug-likeness (QED) is 0.493. The second-order valence-electron chi connectivity index (χ2n) is 3.00. The number of primary amides is 1. The van der Waals surface area contributed by atoms with Crippen LogP contribution < -0.4 is 16.8 Å². The van der Waals surface area contributed by atoms with Crippen molar-refractivity contribution in [1.29, 1.82) is 0 Å². The first-order valence-electron chi connectivity index (χ1n) is 4.19. The lowest BCUT2D eigenvalue weighted by molar-refractivity contribution is -0.119. The van der Waals surface area contributed by atoms with Crippen molar-refractivity contribution in [3.05, 3.63) is 12.2 Å². The molecule has 0 spiro atoms. The summed E-state index contributed by atoms with van der Waals surface area (Å²) in [6.45, 7) is 0.847. The number of nitrogens with zero attached hydrogens (tertiary/aromatic N) is 3. The van der Waals surface area contributed by atoms with Crippen LogP contribution >= 0.6 is 0 Å². The molecule has 78 valence electrons. The number of hydrogen-bond acceptors (Lipinski definition) is 5. The summed E-state index contributed by atoms with van der Waals surface area (Å²) in [6, 6.07) is -0.664. The molecule has 0 aliphatic rings. The first-order chi connectivity index (χ1) is 6.61. The van der Waals surface area contributed by atoms with Crippen molar-refractivity contribution in [3.8, 4) is 0 Å². The van der Waals surface area contributed by atoms with Crippen LogP contribution in [0, 0.1) is 0 Å². The Morgan fingerprint density at radius 2 is 2.50 bits per heavy atom. The summed E-state index contributed by atoms with van der Waals surface area (Å²) in [6.07, 6.45) is 1.60. The summed E-state index contributed by atoms with van der Waals surface area (Å²) in [5, 5.41) is 10.5. The Morgan fingerprint density at radius 3 is 3.00 bits per heavy atom. The number of hydrogen-bond donors (Lipinski definition) is 3. The molecule has 0 bridgehead atoms. The molecule has 0 aliphatic carbocycles. The number of nitrogens with two attached hydrogens (primary N) is 2. The van der Waals surface area contributed by atoms with E-state index in [-0.39, 0.29) is 0 Å². The molecule has 1 amide bonds. The van der Waals surface area contributed by atoms with Crippen molar-refractivity contribution < 1.29 is 4.79 Å². The van der Waals surface area contributed by atoms with Crippen LogP contribution in [-0.2, 0) is 18.4 Å². The van der Waals surface area contributed by atoms with Gasteiger partial charge in [-0.25, -0.2) is 0 Å². The van der Waals surface area contributed by atoms with Gasteiger partial charge in [0.2, 0.25) is 5.91 Å². The van der Waals surface area contributed by atoms with Crippen molar-refractivity contribution in [3.63, 3.8) is 0 Å². The maximum Gasteiger partial charge on any atom is 0.235 e. The number of rotatable bonds is 5. The molecule has 1 aromatic heterocycles. The maximum absolute atomic E-state index is 10.6. The van der Waals surface area contributed by atoms with Gasteiger partial charge in [0, 0.05) is 13.6 Å². The summed E-state index contributed by atoms with van der Waals surface area (Å²) in [4.78, 5) is 10.6. The molecule has 7 heteroatoms. The van der Waals surface area contributed by atoms with Gasteiger partial charge in [0.25, 0.3) is 0 Å². The lowest BCUT2D eigenvalue weighted by Crippen LogP contribution is -2.44. The van der Waals surface area contributed by atoms with E-state index in [1.54, 1.807) is 10.9 Å². The fourth-order valence-corrected chi connectivity index (χ4v) is 0.907. The van der Waals surface area contributed by atoms with E-state index in [2.05, 4.69) is 15.5 Å². The van der Waals surface area contributed by atoms with Crippen LogP contribution in [0.15, 0.2) is 6.33 Å². The third-order valence-corrected chi connectivity index (χ3v) is 1.82. The van der Waals surface area contributed by atoms with Gasteiger partial charge < -0.3 is 21.4 Å². The van der Waals surface area contributed by atoms with Crippen molar-refractivity contribution >= 4 is 5.91 Å². The average Bonchev–Trinajstić information content (AvgIpc) is 2.51. The molecule has 1 aromatic rings. The molecule has 1 heterocycles. The van der Waals surface area contributed by atoms with Crippen LogP contribution in [0.2, 0.25) is 0 Å². The molecule has 1 atom stereocenters. The van der Waals surface area contributed by atoms with Crippen LogP contribution in [-0.4, -0.2) is 33.3 Å². The van der Waals surface area contributed by atoms with Gasteiger partial charge >= 0.3 is 0 Å². The van der Waals surface area contributed by atoms with E-state index < -0.39 is 11.9 Å². The number of carbonyl (C=O) groups is 1. The molecule has 7 nitrogen and oxygen atoms in total. The first-order valence-corrected chi connectivity index (χ1v) is 4.19. The highest BCUT2D eigenvalue weighted by molar-refractivity contribution is 5.79. The molecular formula is C7H14N6O. The Hall–Kier alpha value is -1.47. The summed E-state index contributed by atoms with van der Waals surface area (Å²) < 4.78 is 1.78. The third kappa shape index (κ3) is 2.79. The highest BCUT2D eigenvalue weighted by Crippen LogP contribution is 1.89. The number of aromatic nitrogens is 3. The molecule has 0 fully saturated rings. The summed E-state index contributed by atoms with van der Waals surface area (Å²) in [5.74, 6) is 0.261. The highest BCUT2D eigenvalue weighted by Gasteiger charge is 2.08. The summed E-state index contributed by atoms with van der Waals surface area (Å²) >= 11 is 0. The Bertz CT molecular complexity index is 309. The van der Waals surface area contributed by atoms with Gasteiger partial charge in [-0.05, 0) is 0 Å². The second kappa shape index (κ2) is 4.68. The van der Waals surface area contributed by atoms with Crippen molar-refractivity contribution in [1.82, 2.24) is 20.1 Å². The molecular weight excluding hydrogens is 184 g/mol.